The first-order valence-electron chi connectivity index (χ1n) is 10.6. The molecule has 0 bridgehead atoms. The molecule has 178 valence electrons. The van der Waals surface area contributed by atoms with Crippen molar-refractivity contribution in [2.75, 3.05) is 13.1 Å². The lowest BCUT2D eigenvalue weighted by Crippen LogP contribution is -2.39. The van der Waals surface area contributed by atoms with Crippen LogP contribution in [-0.4, -0.2) is 40.8 Å². The van der Waals surface area contributed by atoms with Crippen LogP contribution < -0.4 is 4.74 Å². The van der Waals surface area contributed by atoms with Gasteiger partial charge in [0.05, 0.1) is 5.56 Å². The molecule has 1 aliphatic rings. The van der Waals surface area contributed by atoms with E-state index in [0.29, 0.717) is 24.4 Å². The van der Waals surface area contributed by atoms with Gasteiger partial charge in [0.15, 0.2) is 5.60 Å². The highest BCUT2D eigenvalue weighted by Gasteiger charge is 2.31. The normalized spacial score (nSPS) is 16.9. The highest BCUT2D eigenvalue weighted by Crippen LogP contribution is 2.31. The lowest BCUT2D eigenvalue weighted by atomic mass is 9.90. The Morgan fingerprint density at radius 3 is 2.45 bits per heavy atom. The van der Waals surface area contributed by atoms with Crippen molar-refractivity contribution < 1.29 is 37.3 Å². The van der Waals surface area contributed by atoms with E-state index in [1.54, 1.807) is 23.1 Å². The molecule has 33 heavy (non-hydrogen) atoms. The fraction of sp³-hybridized carbons (Fsp3) is 0.417. The highest BCUT2D eigenvalue weighted by atomic mass is 19.4. The summed E-state index contributed by atoms with van der Waals surface area (Å²) in [6.45, 7) is 3.75. The maximum atomic E-state index is 12.7. The molecule has 1 fully saturated rings. The molecule has 0 spiro atoms. The predicted molar refractivity (Wildman–Crippen MR) is 114 cm³/mol. The van der Waals surface area contributed by atoms with Crippen LogP contribution in [0.15, 0.2) is 48.5 Å². The van der Waals surface area contributed by atoms with E-state index in [4.69, 9.17) is 9.47 Å². The molecule has 1 amide bonds. The standard InChI is InChI=1S/C24H26F3NO5/c1-23(2,21(29)30)33-20-7-3-5-17(13-20)18-6-4-12-28(14-18)22(31)32-15-16-8-10-19(11-9-16)24(25,26)27/h3,5,7-11,13,18H,4,6,12,14-15H2,1-2H3,(H,29,30)/t18-/m0/s1. The Hall–Kier alpha value is -3.23. The number of halogens is 3. The van der Waals surface area contributed by atoms with Crippen molar-refractivity contribution in [2.45, 2.75) is 51.0 Å². The lowest BCUT2D eigenvalue weighted by molar-refractivity contribution is -0.152. The Morgan fingerprint density at radius 1 is 1.12 bits per heavy atom. The van der Waals surface area contributed by atoms with Gasteiger partial charge in [0, 0.05) is 19.0 Å². The third kappa shape index (κ3) is 6.40. The second kappa shape index (κ2) is 9.72. The van der Waals surface area contributed by atoms with Crippen molar-refractivity contribution >= 4 is 12.1 Å². The van der Waals surface area contributed by atoms with Crippen LogP contribution in [0, 0.1) is 0 Å². The molecule has 0 aromatic heterocycles. The van der Waals surface area contributed by atoms with Gasteiger partial charge in [-0.25, -0.2) is 9.59 Å². The Bertz CT molecular complexity index is 988. The second-order valence-electron chi connectivity index (χ2n) is 8.52. The number of benzene rings is 2. The molecule has 1 heterocycles. The van der Waals surface area contributed by atoms with E-state index in [1.807, 2.05) is 6.07 Å². The number of piperidine rings is 1. The molecule has 1 saturated heterocycles. The van der Waals surface area contributed by atoms with Gasteiger partial charge in [-0.3, -0.25) is 0 Å². The number of likely N-dealkylation sites (tertiary alicyclic amines) is 1. The number of carboxylic acids is 1. The molecule has 0 radical (unpaired) electrons. The summed E-state index contributed by atoms with van der Waals surface area (Å²) >= 11 is 0. The number of rotatable bonds is 6. The number of hydrogen-bond donors (Lipinski definition) is 1. The first-order chi connectivity index (χ1) is 15.5. The number of aliphatic carboxylic acids is 1. The molecule has 0 saturated carbocycles. The minimum Gasteiger partial charge on any atom is -0.478 e. The SMILES string of the molecule is CC(C)(Oc1cccc([C@H]2CCCN(C(=O)OCc3ccc(C(F)(F)F)cc3)C2)c1)C(=O)O. The van der Waals surface area contributed by atoms with Crippen LogP contribution in [0.2, 0.25) is 0 Å². The van der Waals surface area contributed by atoms with Gasteiger partial charge in [-0.05, 0) is 62.1 Å². The first-order valence-corrected chi connectivity index (χ1v) is 10.6. The fourth-order valence-corrected chi connectivity index (χ4v) is 3.61. The molecule has 1 atom stereocenters. The number of alkyl halides is 3. The van der Waals surface area contributed by atoms with Gasteiger partial charge >= 0.3 is 18.2 Å². The summed E-state index contributed by atoms with van der Waals surface area (Å²) in [5.41, 5.74) is -0.738. The number of carbonyl (C=O) groups is 2. The third-order valence-electron chi connectivity index (χ3n) is 5.54. The number of ether oxygens (including phenoxy) is 2. The molecule has 3 rings (SSSR count). The predicted octanol–water partition coefficient (Wildman–Crippen LogP) is 5.46. The fourth-order valence-electron chi connectivity index (χ4n) is 3.61. The van der Waals surface area contributed by atoms with Crippen LogP contribution in [0.5, 0.6) is 5.75 Å². The zero-order chi connectivity index (χ0) is 24.2. The number of hydrogen-bond acceptors (Lipinski definition) is 4. The van der Waals surface area contributed by atoms with Crippen molar-refractivity contribution in [1.82, 2.24) is 4.90 Å². The molecule has 1 N–H and O–H groups in total. The van der Waals surface area contributed by atoms with Gasteiger partial charge in [0.1, 0.15) is 12.4 Å². The maximum absolute atomic E-state index is 12.7. The average molecular weight is 465 g/mol. The van der Waals surface area contributed by atoms with E-state index in [1.165, 1.54) is 26.0 Å². The van der Waals surface area contributed by atoms with Gasteiger partial charge in [0.25, 0.3) is 0 Å². The molecule has 1 aliphatic heterocycles. The summed E-state index contributed by atoms with van der Waals surface area (Å²) in [7, 11) is 0. The summed E-state index contributed by atoms with van der Waals surface area (Å²) in [5.74, 6) is -0.622. The van der Waals surface area contributed by atoms with Crippen LogP contribution >= 0.6 is 0 Å². The van der Waals surface area contributed by atoms with Gasteiger partial charge < -0.3 is 19.5 Å². The largest absolute Gasteiger partial charge is 0.478 e. The summed E-state index contributed by atoms with van der Waals surface area (Å²) in [4.78, 5) is 25.4. The molecule has 0 aliphatic carbocycles. The average Bonchev–Trinajstić information content (AvgIpc) is 2.77. The minimum atomic E-state index is -4.41. The molecule has 9 heteroatoms. The van der Waals surface area contributed by atoms with Crippen LogP contribution in [0.4, 0.5) is 18.0 Å². The van der Waals surface area contributed by atoms with E-state index < -0.39 is 29.4 Å². The topological polar surface area (TPSA) is 76.1 Å². The second-order valence-corrected chi connectivity index (χ2v) is 8.52. The monoisotopic (exact) mass is 465 g/mol. The smallest absolute Gasteiger partial charge is 0.416 e. The Balaban J connectivity index is 1.59. The molecule has 0 unspecified atom stereocenters. The summed E-state index contributed by atoms with van der Waals surface area (Å²) < 4.78 is 48.9. The van der Waals surface area contributed by atoms with Crippen LogP contribution in [0.3, 0.4) is 0 Å². The third-order valence-corrected chi connectivity index (χ3v) is 5.54. The van der Waals surface area contributed by atoms with Crippen molar-refractivity contribution in [3.63, 3.8) is 0 Å². The zero-order valence-electron chi connectivity index (χ0n) is 18.4. The number of carbonyl (C=O) groups excluding carboxylic acids is 1. The van der Waals surface area contributed by atoms with E-state index in [0.717, 1.165) is 30.5 Å². The number of amides is 1. The van der Waals surface area contributed by atoms with Crippen molar-refractivity contribution in [2.24, 2.45) is 0 Å². The van der Waals surface area contributed by atoms with Crippen LogP contribution in [0.1, 0.15) is 49.3 Å². The Kier molecular flexibility index (Phi) is 7.19. The van der Waals surface area contributed by atoms with Gasteiger partial charge in [-0.2, -0.15) is 13.2 Å². The Labute approximate surface area is 189 Å². The molecule has 2 aromatic carbocycles. The number of carboxylic acid groups (broad SMARTS) is 1. The lowest BCUT2D eigenvalue weighted by Gasteiger charge is -2.32. The van der Waals surface area contributed by atoms with Gasteiger partial charge in [-0.15, -0.1) is 0 Å². The van der Waals surface area contributed by atoms with E-state index >= 15 is 0 Å². The maximum Gasteiger partial charge on any atom is 0.416 e. The quantitative estimate of drug-likeness (QED) is 0.613. The van der Waals surface area contributed by atoms with E-state index in [-0.39, 0.29) is 12.5 Å². The Morgan fingerprint density at radius 2 is 1.82 bits per heavy atom. The van der Waals surface area contributed by atoms with Gasteiger partial charge in [0.2, 0.25) is 0 Å². The summed E-state index contributed by atoms with van der Waals surface area (Å²) in [6.07, 6.45) is -3.34. The van der Waals surface area contributed by atoms with Gasteiger partial charge in [-0.1, -0.05) is 24.3 Å². The van der Waals surface area contributed by atoms with Crippen molar-refractivity contribution in [1.29, 1.82) is 0 Å². The zero-order valence-corrected chi connectivity index (χ0v) is 18.4. The minimum absolute atomic E-state index is 0.0221. The molecule has 6 nitrogen and oxygen atoms in total. The van der Waals surface area contributed by atoms with E-state index in [9.17, 15) is 27.9 Å². The molecular formula is C24H26F3NO5. The van der Waals surface area contributed by atoms with Crippen molar-refractivity contribution in [3.8, 4) is 5.75 Å². The van der Waals surface area contributed by atoms with Crippen molar-refractivity contribution in [3.05, 3.63) is 65.2 Å². The molecular weight excluding hydrogens is 439 g/mol. The highest BCUT2D eigenvalue weighted by molar-refractivity contribution is 5.76. The molecule has 2 aromatic rings. The summed E-state index contributed by atoms with van der Waals surface area (Å²) in [6, 6.07) is 11.7. The van der Waals surface area contributed by atoms with E-state index in [2.05, 4.69) is 0 Å². The van der Waals surface area contributed by atoms with Crippen LogP contribution in [0.25, 0.3) is 0 Å². The number of nitrogens with zero attached hydrogens (tertiary/aromatic N) is 1. The van der Waals surface area contributed by atoms with Crippen LogP contribution in [-0.2, 0) is 22.3 Å². The first kappa shape index (κ1) is 24.4. The summed E-state index contributed by atoms with van der Waals surface area (Å²) in [5, 5.41) is 9.27.